The number of primary amides is 1. The van der Waals surface area contributed by atoms with Crippen LogP contribution in [0.3, 0.4) is 0 Å². The standard InChI is InChI=1S/C9H10N4O/c10-4-6-1-2-8(7(11)3-6)13-5-9(12)14/h1-3,13H,5,11H2,(H2,12,14). The molecular weight excluding hydrogens is 180 g/mol. The molecule has 1 aromatic rings. The first-order chi connectivity index (χ1) is 6.63. The molecule has 1 aromatic carbocycles. The number of nitrogen functional groups attached to an aromatic ring is 1. The van der Waals surface area contributed by atoms with E-state index < -0.39 is 5.91 Å². The second-order valence-corrected chi connectivity index (χ2v) is 2.73. The highest BCUT2D eigenvalue weighted by Crippen LogP contribution is 2.18. The van der Waals surface area contributed by atoms with Crippen LogP contribution < -0.4 is 16.8 Å². The monoisotopic (exact) mass is 190 g/mol. The molecule has 5 N–H and O–H groups in total. The molecule has 0 aromatic heterocycles. The highest BCUT2D eigenvalue weighted by molar-refractivity contribution is 5.80. The van der Waals surface area contributed by atoms with Crippen molar-refractivity contribution in [3.8, 4) is 6.07 Å². The number of benzene rings is 1. The Morgan fingerprint density at radius 2 is 2.29 bits per heavy atom. The molecule has 1 rings (SSSR count). The summed E-state index contributed by atoms with van der Waals surface area (Å²) in [4.78, 5) is 10.5. The lowest BCUT2D eigenvalue weighted by Gasteiger charge is -2.06. The van der Waals surface area contributed by atoms with Crippen molar-refractivity contribution >= 4 is 17.3 Å². The van der Waals surface area contributed by atoms with E-state index in [4.69, 9.17) is 16.7 Å². The molecule has 0 unspecified atom stereocenters. The first-order valence-corrected chi connectivity index (χ1v) is 3.95. The summed E-state index contributed by atoms with van der Waals surface area (Å²) in [6.07, 6.45) is 0. The van der Waals surface area contributed by atoms with Gasteiger partial charge in [-0.05, 0) is 18.2 Å². The molecule has 0 fully saturated rings. The molecule has 0 saturated carbocycles. The van der Waals surface area contributed by atoms with Gasteiger partial charge in [-0.3, -0.25) is 4.79 Å². The number of nitrogens with two attached hydrogens (primary N) is 2. The van der Waals surface area contributed by atoms with Gasteiger partial charge in [0.2, 0.25) is 5.91 Å². The number of carbonyl (C=O) groups excluding carboxylic acids is 1. The smallest absolute Gasteiger partial charge is 0.236 e. The zero-order valence-electron chi connectivity index (χ0n) is 7.45. The lowest BCUT2D eigenvalue weighted by molar-refractivity contribution is -0.116. The molecule has 1 amide bonds. The second kappa shape index (κ2) is 4.14. The predicted molar refractivity (Wildman–Crippen MR) is 53.3 cm³/mol. The van der Waals surface area contributed by atoms with Gasteiger partial charge in [-0.2, -0.15) is 5.26 Å². The third kappa shape index (κ3) is 2.38. The maximum atomic E-state index is 10.5. The van der Waals surface area contributed by atoms with Crippen LogP contribution in [0.2, 0.25) is 0 Å². The summed E-state index contributed by atoms with van der Waals surface area (Å²) in [6, 6.07) is 6.74. The third-order valence-corrected chi connectivity index (χ3v) is 1.63. The van der Waals surface area contributed by atoms with Gasteiger partial charge in [-0.15, -0.1) is 0 Å². The molecule has 0 aliphatic heterocycles. The number of hydrogen-bond donors (Lipinski definition) is 3. The van der Waals surface area contributed by atoms with Gasteiger partial charge in [-0.1, -0.05) is 0 Å². The Hall–Kier alpha value is -2.22. The van der Waals surface area contributed by atoms with E-state index in [0.717, 1.165) is 0 Å². The Morgan fingerprint density at radius 3 is 2.79 bits per heavy atom. The molecule has 0 spiro atoms. The van der Waals surface area contributed by atoms with E-state index in [1.54, 1.807) is 12.1 Å². The van der Waals surface area contributed by atoms with Crippen molar-refractivity contribution in [3.05, 3.63) is 23.8 Å². The lowest BCUT2D eigenvalue weighted by Crippen LogP contribution is -2.22. The molecule has 5 heteroatoms. The summed E-state index contributed by atoms with van der Waals surface area (Å²) in [5.41, 5.74) is 12.1. The minimum atomic E-state index is -0.464. The zero-order chi connectivity index (χ0) is 10.6. The average Bonchev–Trinajstić information content (AvgIpc) is 2.15. The van der Waals surface area contributed by atoms with E-state index in [0.29, 0.717) is 16.9 Å². The highest BCUT2D eigenvalue weighted by Gasteiger charge is 2.01. The van der Waals surface area contributed by atoms with Crippen LogP contribution in [0.25, 0.3) is 0 Å². The Labute approximate surface area is 81.3 Å². The molecule has 0 atom stereocenters. The quantitative estimate of drug-likeness (QED) is 0.585. The molecule has 0 aliphatic rings. The average molecular weight is 190 g/mol. The van der Waals surface area contributed by atoms with E-state index in [1.807, 2.05) is 6.07 Å². The molecule has 0 radical (unpaired) electrons. The van der Waals surface area contributed by atoms with Gasteiger partial charge in [0.1, 0.15) is 0 Å². The van der Waals surface area contributed by atoms with E-state index in [2.05, 4.69) is 5.32 Å². The maximum absolute atomic E-state index is 10.5. The minimum absolute atomic E-state index is 0.0239. The third-order valence-electron chi connectivity index (χ3n) is 1.63. The Bertz CT molecular complexity index is 394. The number of nitrogens with one attached hydrogen (secondary N) is 1. The fraction of sp³-hybridized carbons (Fsp3) is 0.111. The number of hydrogen-bond acceptors (Lipinski definition) is 4. The molecule has 0 heterocycles. The fourth-order valence-electron chi connectivity index (χ4n) is 0.976. The fourth-order valence-corrected chi connectivity index (χ4v) is 0.976. The Balaban J connectivity index is 2.80. The predicted octanol–water partition coefficient (Wildman–Crippen LogP) is 0.0377. The van der Waals surface area contributed by atoms with Crippen molar-refractivity contribution in [1.29, 1.82) is 5.26 Å². The van der Waals surface area contributed by atoms with Gasteiger partial charge in [0, 0.05) is 0 Å². The summed E-state index contributed by atoms with van der Waals surface area (Å²) >= 11 is 0. The van der Waals surface area contributed by atoms with E-state index in [9.17, 15) is 4.79 Å². The van der Waals surface area contributed by atoms with Crippen LogP contribution in [0.4, 0.5) is 11.4 Å². The Morgan fingerprint density at radius 1 is 1.57 bits per heavy atom. The van der Waals surface area contributed by atoms with Gasteiger partial charge < -0.3 is 16.8 Å². The van der Waals surface area contributed by atoms with Crippen LogP contribution in [0.15, 0.2) is 18.2 Å². The van der Waals surface area contributed by atoms with Crippen molar-refractivity contribution in [2.75, 3.05) is 17.6 Å². The summed E-state index contributed by atoms with van der Waals surface area (Å²) in [7, 11) is 0. The van der Waals surface area contributed by atoms with Gasteiger partial charge in [0.05, 0.1) is 29.6 Å². The van der Waals surface area contributed by atoms with Crippen LogP contribution in [0.5, 0.6) is 0 Å². The molecule has 5 nitrogen and oxygen atoms in total. The molecule has 0 saturated heterocycles. The van der Waals surface area contributed by atoms with Gasteiger partial charge in [-0.25, -0.2) is 0 Å². The molecular formula is C9H10N4O. The summed E-state index contributed by atoms with van der Waals surface area (Å²) in [6.45, 7) is 0.0239. The normalized spacial score (nSPS) is 9.07. The van der Waals surface area contributed by atoms with E-state index >= 15 is 0 Å². The molecule has 14 heavy (non-hydrogen) atoms. The largest absolute Gasteiger partial charge is 0.397 e. The molecule has 0 bridgehead atoms. The number of anilines is 2. The highest BCUT2D eigenvalue weighted by atomic mass is 16.1. The number of nitrogens with zero attached hydrogens (tertiary/aromatic N) is 1. The minimum Gasteiger partial charge on any atom is -0.397 e. The molecule has 72 valence electrons. The van der Waals surface area contributed by atoms with Crippen LogP contribution in [0, 0.1) is 11.3 Å². The first kappa shape index (κ1) is 9.86. The van der Waals surface area contributed by atoms with Crippen LogP contribution in [-0.2, 0) is 4.79 Å². The molecule has 0 aliphatic carbocycles. The van der Waals surface area contributed by atoms with E-state index in [1.165, 1.54) is 6.07 Å². The maximum Gasteiger partial charge on any atom is 0.236 e. The number of amides is 1. The van der Waals surface area contributed by atoms with Crippen LogP contribution >= 0.6 is 0 Å². The lowest BCUT2D eigenvalue weighted by atomic mass is 10.2. The van der Waals surface area contributed by atoms with E-state index in [-0.39, 0.29) is 6.54 Å². The van der Waals surface area contributed by atoms with Gasteiger partial charge in [0.25, 0.3) is 0 Å². The Kier molecular flexibility index (Phi) is 2.92. The summed E-state index contributed by atoms with van der Waals surface area (Å²) < 4.78 is 0. The number of nitriles is 1. The summed E-state index contributed by atoms with van der Waals surface area (Å²) in [5, 5.41) is 11.3. The summed E-state index contributed by atoms with van der Waals surface area (Å²) in [5.74, 6) is -0.464. The van der Waals surface area contributed by atoms with Crippen molar-refractivity contribution < 1.29 is 4.79 Å². The SMILES string of the molecule is N#Cc1ccc(NCC(N)=O)c(N)c1. The second-order valence-electron chi connectivity index (χ2n) is 2.73. The van der Waals surface area contributed by atoms with Crippen LogP contribution in [-0.4, -0.2) is 12.5 Å². The van der Waals surface area contributed by atoms with Crippen molar-refractivity contribution in [1.82, 2.24) is 0 Å². The number of rotatable bonds is 3. The van der Waals surface area contributed by atoms with Crippen molar-refractivity contribution in [2.24, 2.45) is 5.73 Å². The zero-order valence-corrected chi connectivity index (χ0v) is 7.45. The van der Waals surface area contributed by atoms with Gasteiger partial charge in [0.15, 0.2) is 0 Å². The number of carbonyl (C=O) groups is 1. The van der Waals surface area contributed by atoms with Gasteiger partial charge >= 0.3 is 0 Å². The first-order valence-electron chi connectivity index (χ1n) is 3.95. The van der Waals surface area contributed by atoms with Crippen molar-refractivity contribution in [2.45, 2.75) is 0 Å². The van der Waals surface area contributed by atoms with Crippen LogP contribution in [0.1, 0.15) is 5.56 Å². The topological polar surface area (TPSA) is 105 Å². The van der Waals surface area contributed by atoms with Crippen molar-refractivity contribution in [3.63, 3.8) is 0 Å².